The summed E-state index contributed by atoms with van der Waals surface area (Å²) in [6.07, 6.45) is 0.0356. The Kier molecular flexibility index (Phi) is 4.92. The quantitative estimate of drug-likeness (QED) is 0.920. The molecular formula is C16H16FNO3S. The highest BCUT2D eigenvalue weighted by Crippen LogP contribution is 2.14. The van der Waals surface area contributed by atoms with Gasteiger partial charge in [0.25, 0.3) is 10.0 Å². The molecule has 1 N–H and O–H groups in total. The second kappa shape index (κ2) is 6.70. The van der Waals surface area contributed by atoms with Gasteiger partial charge in [-0.2, -0.15) is 0 Å². The minimum Gasteiger partial charge on any atom is -0.274 e. The first kappa shape index (κ1) is 16.2. The van der Waals surface area contributed by atoms with Crippen LogP contribution in [0.4, 0.5) is 4.39 Å². The average molecular weight is 321 g/mol. The third kappa shape index (κ3) is 3.92. The van der Waals surface area contributed by atoms with Crippen LogP contribution in [0.2, 0.25) is 0 Å². The number of carbonyl (C=O) groups excluding carboxylic acids is 1. The van der Waals surface area contributed by atoms with E-state index in [1.165, 1.54) is 12.1 Å². The monoisotopic (exact) mass is 321 g/mol. The zero-order valence-electron chi connectivity index (χ0n) is 12.0. The Labute approximate surface area is 129 Å². The average Bonchev–Trinajstić information content (AvgIpc) is 2.46. The van der Waals surface area contributed by atoms with Crippen LogP contribution in [0, 0.1) is 12.7 Å². The maximum Gasteiger partial charge on any atom is 0.264 e. The summed E-state index contributed by atoms with van der Waals surface area (Å²) in [7, 11) is -3.90. The fourth-order valence-corrected chi connectivity index (χ4v) is 3.32. The van der Waals surface area contributed by atoms with Crippen molar-refractivity contribution in [3.05, 3.63) is 65.5 Å². The van der Waals surface area contributed by atoms with Crippen molar-refractivity contribution in [2.45, 2.75) is 24.7 Å². The van der Waals surface area contributed by atoms with Gasteiger partial charge in [-0.05, 0) is 36.6 Å². The van der Waals surface area contributed by atoms with Crippen molar-refractivity contribution in [2.75, 3.05) is 0 Å². The van der Waals surface area contributed by atoms with Crippen molar-refractivity contribution in [3.8, 4) is 0 Å². The Hall–Kier alpha value is -2.21. The van der Waals surface area contributed by atoms with Crippen molar-refractivity contribution >= 4 is 15.9 Å². The summed E-state index contributed by atoms with van der Waals surface area (Å²) in [5.41, 5.74) is 0.933. The Morgan fingerprint density at radius 1 is 1.09 bits per heavy atom. The summed E-state index contributed by atoms with van der Waals surface area (Å²) in [6, 6.07) is 12.5. The van der Waals surface area contributed by atoms with Gasteiger partial charge < -0.3 is 0 Å². The number of hydrogen-bond donors (Lipinski definition) is 1. The zero-order valence-corrected chi connectivity index (χ0v) is 12.9. The molecule has 22 heavy (non-hydrogen) atoms. The second-order valence-electron chi connectivity index (χ2n) is 4.89. The molecule has 1 amide bonds. The van der Waals surface area contributed by atoms with Gasteiger partial charge in [0.2, 0.25) is 5.91 Å². The first-order valence-corrected chi connectivity index (χ1v) is 8.23. The zero-order chi connectivity index (χ0) is 16.2. The van der Waals surface area contributed by atoms with E-state index < -0.39 is 21.7 Å². The molecule has 0 aliphatic rings. The van der Waals surface area contributed by atoms with Gasteiger partial charge >= 0.3 is 0 Å². The van der Waals surface area contributed by atoms with E-state index in [9.17, 15) is 17.6 Å². The molecule has 2 aromatic carbocycles. The van der Waals surface area contributed by atoms with Crippen LogP contribution in [0.3, 0.4) is 0 Å². The Balaban J connectivity index is 2.03. The van der Waals surface area contributed by atoms with E-state index in [4.69, 9.17) is 0 Å². The third-order valence-electron chi connectivity index (χ3n) is 3.21. The number of aryl methyl sites for hydroxylation is 2. The first-order valence-electron chi connectivity index (χ1n) is 6.75. The fourth-order valence-electron chi connectivity index (χ4n) is 2.06. The molecule has 0 radical (unpaired) electrons. The van der Waals surface area contributed by atoms with E-state index in [1.807, 2.05) is 4.72 Å². The predicted molar refractivity (Wildman–Crippen MR) is 81.2 cm³/mol. The maximum atomic E-state index is 13.4. The minimum atomic E-state index is -3.90. The first-order chi connectivity index (χ1) is 10.4. The lowest BCUT2D eigenvalue weighted by atomic mass is 10.1. The van der Waals surface area contributed by atoms with Crippen molar-refractivity contribution in [1.29, 1.82) is 0 Å². The smallest absolute Gasteiger partial charge is 0.264 e. The van der Waals surface area contributed by atoms with Crippen LogP contribution < -0.4 is 4.72 Å². The van der Waals surface area contributed by atoms with Gasteiger partial charge in [-0.1, -0.05) is 36.4 Å². The van der Waals surface area contributed by atoms with Crippen LogP contribution in [0.1, 0.15) is 17.5 Å². The molecule has 0 saturated carbocycles. The molecule has 116 valence electrons. The lowest BCUT2D eigenvalue weighted by Gasteiger charge is -2.09. The van der Waals surface area contributed by atoms with Crippen LogP contribution in [0.15, 0.2) is 53.4 Å². The van der Waals surface area contributed by atoms with Gasteiger partial charge in [0.1, 0.15) is 5.82 Å². The highest BCUT2D eigenvalue weighted by Gasteiger charge is 2.19. The molecule has 0 spiro atoms. The highest BCUT2D eigenvalue weighted by atomic mass is 32.2. The number of carbonyl (C=O) groups is 1. The van der Waals surface area contributed by atoms with Gasteiger partial charge in [0.15, 0.2) is 0 Å². The van der Waals surface area contributed by atoms with Crippen molar-refractivity contribution in [1.82, 2.24) is 4.72 Å². The van der Waals surface area contributed by atoms with E-state index in [-0.39, 0.29) is 17.7 Å². The normalized spacial score (nSPS) is 11.2. The summed E-state index contributed by atoms with van der Waals surface area (Å²) in [6.45, 7) is 1.65. The topological polar surface area (TPSA) is 63.2 Å². The summed E-state index contributed by atoms with van der Waals surface area (Å²) in [4.78, 5) is 11.9. The van der Waals surface area contributed by atoms with Gasteiger partial charge in [-0.3, -0.25) is 4.79 Å². The van der Waals surface area contributed by atoms with Crippen LogP contribution in [-0.4, -0.2) is 14.3 Å². The van der Waals surface area contributed by atoms with E-state index in [1.54, 1.807) is 43.3 Å². The Morgan fingerprint density at radius 2 is 1.73 bits per heavy atom. The molecule has 2 rings (SSSR count). The molecule has 2 aromatic rings. The summed E-state index contributed by atoms with van der Waals surface area (Å²) in [5.74, 6) is -1.07. The molecule has 0 aromatic heterocycles. The Bertz CT molecular complexity index is 787. The molecule has 0 aliphatic heterocycles. The maximum absolute atomic E-state index is 13.4. The minimum absolute atomic E-state index is 0.0641. The van der Waals surface area contributed by atoms with Crippen LogP contribution in [-0.2, 0) is 21.2 Å². The molecule has 0 atom stereocenters. The second-order valence-corrected chi connectivity index (χ2v) is 6.54. The largest absolute Gasteiger partial charge is 0.274 e. The molecule has 6 heteroatoms. The molecule has 0 unspecified atom stereocenters. The standard InChI is InChI=1S/C16H16FNO3S/c1-12-6-2-5-9-15(12)22(20,21)18-16(19)11-10-13-7-3-4-8-14(13)17/h2-9H,10-11H2,1H3,(H,18,19). The summed E-state index contributed by atoms with van der Waals surface area (Å²) in [5, 5.41) is 0. The van der Waals surface area contributed by atoms with E-state index in [0.717, 1.165) is 0 Å². The van der Waals surface area contributed by atoms with Crippen molar-refractivity contribution < 1.29 is 17.6 Å². The predicted octanol–water partition coefficient (Wildman–Crippen LogP) is 2.57. The highest BCUT2D eigenvalue weighted by molar-refractivity contribution is 7.90. The number of sulfonamides is 1. The fraction of sp³-hybridized carbons (Fsp3) is 0.188. The molecule has 0 fully saturated rings. The van der Waals surface area contributed by atoms with Gasteiger partial charge in [0.05, 0.1) is 4.90 Å². The van der Waals surface area contributed by atoms with E-state index >= 15 is 0 Å². The third-order valence-corrected chi connectivity index (χ3v) is 4.74. The number of benzene rings is 2. The number of nitrogens with one attached hydrogen (secondary N) is 1. The Morgan fingerprint density at radius 3 is 2.41 bits per heavy atom. The van der Waals surface area contributed by atoms with Crippen LogP contribution >= 0.6 is 0 Å². The van der Waals surface area contributed by atoms with E-state index in [0.29, 0.717) is 11.1 Å². The van der Waals surface area contributed by atoms with Crippen LogP contribution in [0.5, 0.6) is 0 Å². The number of amides is 1. The number of hydrogen-bond acceptors (Lipinski definition) is 3. The summed E-state index contributed by atoms with van der Waals surface area (Å²) >= 11 is 0. The molecular weight excluding hydrogens is 305 g/mol. The van der Waals surface area contributed by atoms with Gasteiger partial charge in [0, 0.05) is 6.42 Å². The molecule has 0 heterocycles. The molecule has 4 nitrogen and oxygen atoms in total. The van der Waals surface area contributed by atoms with Gasteiger partial charge in [-0.25, -0.2) is 17.5 Å². The SMILES string of the molecule is Cc1ccccc1S(=O)(=O)NC(=O)CCc1ccccc1F. The lowest BCUT2D eigenvalue weighted by Crippen LogP contribution is -2.31. The van der Waals surface area contributed by atoms with Crippen LogP contribution in [0.25, 0.3) is 0 Å². The molecule has 0 bridgehead atoms. The number of rotatable bonds is 5. The molecule has 0 saturated heterocycles. The van der Waals surface area contributed by atoms with Crippen molar-refractivity contribution in [3.63, 3.8) is 0 Å². The molecule has 0 aliphatic carbocycles. The van der Waals surface area contributed by atoms with Gasteiger partial charge in [-0.15, -0.1) is 0 Å². The lowest BCUT2D eigenvalue weighted by molar-refractivity contribution is -0.119. The van der Waals surface area contributed by atoms with Crippen molar-refractivity contribution in [2.24, 2.45) is 0 Å². The summed E-state index contributed by atoms with van der Waals surface area (Å²) < 4.78 is 39.7. The number of halogens is 1. The van der Waals surface area contributed by atoms with E-state index in [2.05, 4.69) is 0 Å².